The van der Waals surface area contributed by atoms with Gasteiger partial charge in [0.2, 0.25) is 0 Å². The summed E-state index contributed by atoms with van der Waals surface area (Å²) in [4.78, 5) is 15.7. The highest BCUT2D eigenvalue weighted by atomic mass is 16.1. The molecule has 5 nitrogen and oxygen atoms in total. The molecule has 0 saturated heterocycles. The van der Waals surface area contributed by atoms with Gasteiger partial charge in [0.15, 0.2) is 5.82 Å². The van der Waals surface area contributed by atoms with Crippen molar-refractivity contribution in [2.75, 3.05) is 5.43 Å². The average Bonchev–Trinajstić information content (AvgIpc) is 2.28. The number of nitrogen functional groups attached to an aromatic ring is 1. The van der Waals surface area contributed by atoms with Crippen LogP contribution in [0.1, 0.15) is 30.6 Å². The molecule has 0 aliphatic carbocycles. The van der Waals surface area contributed by atoms with Gasteiger partial charge >= 0.3 is 0 Å². The molecule has 0 saturated carbocycles. The number of hydrazine groups is 1. The van der Waals surface area contributed by atoms with Crippen LogP contribution in [0.2, 0.25) is 0 Å². The molecule has 1 atom stereocenters. The monoisotopic (exact) mass is 208 g/mol. The van der Waals surface area contributed by atoms with Gasteiger partial charge < -0.3 is 10.7 Å². The second kappa shape index (κ2) is 5.31. The molecular formula is C10H16N4O. The average molecular weight is 208 g/mol. The van der Waals surface area contributed by atoms with E-state index in [0.29, 0.717) is 11.4 Å². The number of hydrogen-bond donors (Lipinski definition) is 3. The number of amides is 1. The number of rotatable bonds is 4. The molecule has 0 radical (unpaired) electrons. The van der Waals surface area contributed by atoms with Crippen LogP contribution in [0.15, 0.2) is 18.3 Å². The topological polar surface area (TPSA) is 80.0 Å². The van der Waals surface area contributed by atoms with Gasteiger partial charge in [-0.1, -0.05) is 6.92 Å². The number of carbonyl (C=O) groups excluding carboxylic acids is 1. The van der Waals surface area contributed by atoms with Gasteiger partial charge in [-0.15, -0.1) is 0 Å². The first kappa shape index (κ1) is 11.5. The molecule has 1 amide bonds. The standard InChI is InChI=1S/C10H16N4O/c1-3-7(2)13-10(15)8-5-4-6-12-9(8)14-11/h4-7H,3,11H2,1-2H3,(H,12,14)(H,13,15). The lowest BCUT2D eigenvalue weighted by atomic mass is 10.2. The Morgan fingerprint density at radius 3 is 3.00 bits per heavy atom. The second-order valence-electron chi connectivity index (χ2n) is 3.33. The highest BCUT2D eigenvalue weighted by Crippen LogP contribution is 2.09. The van der Waals surface area contributed by atoms with Crippen LogP contribution < -0.4 is 16.6 Å². The lowest BCUT2D eigenvalue weighted by Crippen LogP contribution is -2.32. The smallest absolute Gasteiger partial charge is 0.255 e. The van der Waals surface area contributed by atoms with Gasteiger partial charge in [-0.3, -0.25) is 4.79 Å². The lowest BCUT2D eigenvalue weighted by Gasteiger charge is -2.12. The van der Waals surface area contributed by atoms with Crippen molar-refractivity contribution in [2.45, 2.75) is 26.3 Å². The van der Waals surface area contributed by atoms with Gasteiger partial charge in [-0.2, -0.15) is 0 Å². The number of anilines is 1. The summed E-state index contributed by atoms with van der Waals surface area (Å²) in [5.74, 6) is 5.48. The predicted molar refractivity (Wildman–Crippen MR) is 59.3 cm³/mol. The molecule has 4 N–H and O–H groups in total. The van der Waals surface area contributed by atoms with E-state index >= 15 is 0 Å². The van der Waals surface area contributed by atoms with E-state index in [4.69, 9.17) is 5.84 Å². The summed E-state index contributed by atoms with van der Waals surface area (Å²) in [6, 6.07) is 3.52. The maximum atomic E-state index is 11.7. The Bertz CT molecular complexity index is 340. The van der Waals surface area contributed by atoms with Crippen molar-refractivity contribution in [1.82, 2.24) is 10.3 Å². The van der Waals surface area contributed by atoms with Crippen molar-refractivity contribution < 1.29 is 4.79 Å². The van der Waals surface area contributed by atoms with Gasteiger partial charge in [0.05, 0.1) is 5.56 Å². The Morgan fingerprint density at radius 2 is 2.40 bits per heavy atom. The van der Waals surface area contributed by atoms with E-state index in [9.17, 15) is 4.79 Å². The van der Waals surface area contributed by atoms with Crippen LogP contribution in [-0.4, -0.2) is 16.9 Å². The van der Waals surface area contributed by atoms with Crippen LogP contribution >= 0.6 is 0 Å². The van der Waals surface area contributed by atoms with Gasteiger partial charge in [-0.25, -0.2) is 10.8 Å². The van der Waals surface area contributed by atoms with Crippen molar-refractivity contribution in [3.05, 3.63) is 23.9 Å². The minimum atomic E-state index is -0.162. The van der Waals surface area contributed by atoms with E-state index in [1.165, 1.54) is 0 Å². The molecule has 1 aromatic rings. The fraction of sp³-hybridized carbons (Fsp3) is 0.400. The van der Waals surface area contributed by atoms with E-state index in [1.807, 2.05) is 13.8 Å². The first-order chi connectivity index (χ1) is 7.19. The summed E-state index contributed by atoms with van der Waals surface area (Å²) in [5.41, 5.74) is 2.85. The predicted octanol–water partition coefficient (Wildman–Crippen LogP) is 0.895. The third-order valence-corrected chi connectivity index (χ3v) is 2.18. The molecule has 0 aliphatic rings. The molecule has 82 valence electrons. The minimum absolute atomic E-state index is 0.142. The van der Waals surface area contributed by atoms with Crippen molar-refractivity contribution >= 4 is 11.7 Å². The fourth-order valence-corrected chi connectivity index (χ4v) is 1.11. The first-order valence-corrected chi connectivity index (χ1v) is 4.91. The highest BCUT2D eigenvalue weighted by molar-refractivity contribution is 5.98. The van der Waals surface area contributed by atoms with Gasteiger partial charge in [0.1, 0.15) is 0 Å². The largest absolute Gasteiger partial charge is 0.349 e. The summed E-state index contributed by atoms with van der Waals surface area (Å²) in [5, 5.41) is 2.85. The Labute approximate surface area is 89.0 Å². The quantitative estimate of drug-likeness (QED) is 0.507. The summed E-state index contributed by atoms with van der Waals surface area (Å²) >= 11 is 0. The lowest BCUT2D eigenvalue weighted by molar-refractivity contribution is 0.0940. The number of pyridine rings is 1. The number of nitrogens with zero attached hydrogens (tertiary/aromatic N) is 1. The van der Waals surface area contributed by atoms with E-state index in [0.717, 1.165) is 6.42 Å². The van der Waals surface area contributed by atoms with Crippen LogP contribution in [0, 0.1) is 0 Å². The van der Waals surface area contributed by atoms with Crippen molar-refractivity contribution in [3.63, 3.8) is 0 Å². The molecule has 1 unspecified atom stereocenters. The molecule has 1 heterocycles. The number of hydrogen-bond acceptors (Lipinski definition) is 4. The zero-order valence-electron chi connectivity index (χ0n) is 8.95. The maximum Gasteiger partial charge on any atom is 0.255 e. The van der Waals surface area contributed by atoms with E-state index in [2.05, 4.69) is 15.7 Å². The third kappa shape index (κ3) is 2.92. The Balaban J connectivity index is 2.81. The zero-order chi connectivity index (χ0) is 11.3. The molecule has 0 fully saturated rings. The first-order valence-electron chi connectivity index (χ1n) is 4.91. The second-order valence-corrected chi connectivity index (χ2v) is 3.33. The Morgan fingerprint density at radius 1 is 1.67 bits per heavy atom. The van der Waals surface area contributed by atoms with Gasteiger partial charge in [-0.05, 0) is 25.5 Å². The van der Waals surface area contributed by atoms with Crippen LogP contribution in [-0.2, 0) is 0 Å². The van der Waals surface area contributed by atoms with Crippen molar-refractivity contribution in [2.24, 2.45) is 5.84 Å². The van der Waals surface area contributed by atoms with Gasteiger partial charge in [0, 0.05) is 12.2 Å². The van der Waals surface area contributed by atoms with Crippen LogP contribution in [0.4, 0.5) is 5.82 Å². The molecule has 0 spiro atoms. The summed E-state index contributed by atoms with van der Waals surface area (Å²) < 4.78 is 0. The minimum Gasteiger partial charge on any atom is -0.349 e. The molecule has 0 aromatic carbocycles. The molecule has 1 aromatic heterocycles. The molecule has 1 rings (SSSR count). The highest BCUT2D eigenvalue weighted by Gasteiger charge is 2.12. The molecule has 5 heteroatoms. The van der Waals surface area contributed by atoms with Crippen molar-refractivity contribution in [3.8, 4) is 0 Å². The maximum absolute atomic E-state index is 11.7. The Hall–Kier alpha value is -1.62. The van der Waals surface area contributed by atoms with E-state index in [1.54, 1.807) is 18.3 Å². The Kier molecular flexibility index (Phi) is 4.05. The normalized spacial score (nSPS) is 11.9. The number of nitrogens with two attached hydrogens (primary N) is 1. The number of carbonyl (C=O) groups is 1. The van der Waals surface area contributed by atoms with Crippen LogP contribution in [0.5, 0.6) is 0 Å². The third-order valence-electron chi connectivity index (χ3n) is 2.18. The van der Waals surface area contributed by atoms with Gasteiger partial charge in [0.25, 0.3) is 5.91 Å². The fourth-order valence-electron chi connectivity index (χ4n) is 1.11. The van der Waals surface area contributed by atoms with Crippen LogP contribution in [0.25, 0.3) is 0 Å². The SMILES string of the molecule is CCC(C)NC(=O)c1cccnc1NN. The summed E-state index contributed by atoms with van der Waals surface area (Å²) in [6.07, 6.45) is 2.46. The molecular weight excluding hydrogens is 192 g/mol. The molecule has 15 heavy (non-hydrogen) atoms. The zero-order valence-corrected chi connectivity index (χ0v) is 8.95. The molecule has 0 aliphatic heterocycles. The number of nitrogens with one attached hydrogen (secondary N) is 2. The summed E-state index contributed by atoms with van der Waals surface area (Å²) in [7, 11) is 0. The molecule has 0 bridgehead atoms. The van der Waals surface area contributed by atoms with E-state index in [-0.39, 0.29) is 11.9 Å². The summed E-state index contributed by atoms with van der Waals surface area (Å²) in [6.45, 7) is 3.96. The van der Waals surface area contributed by atoms with Crippen molar-refractivity contribution in [1.29, 1.82) is 0 Å². The van der Waals surface area contributed by atoms with Crippen LogP contribution in [0.3, 0.4) is 0 Å². The number of aromatic nitrogens is 1. The van der Waals surface area contributed by atoms with E-state index < -0.39 is 0 Å².